The number of rotatable bonds is 3. The molecule has 108 valence electrons. The number of nitrogens with zero attached hydrogens (tertiary/aromatic N) is 2. The molecule has 7 heteroatoms. The van der Waals surface area contributed by atoms with Gasteiger partial charge in [-0.05, 0) is 24.6 Å². The molecule has 2 aromatic heterocycles. The first-order chi connectivity index (χ1) is 10.0. The third kappa shape index (κ3) is 2.26. The van der Waals surface area contributed by atoms with E-state index in [2.05, 4.69) is 4.98 Å². The average Bonchev–Trinajstić information content (AvgIpc) is 3.01. The van der Waals surface area contributed by atoms with E-state index in [0.29, 0.717) is 15.7 Å². The highest BCUT2D eigenvalue weighted by atomic mass is 35.5. The average molecular weight is 323 g/mol. The molecule has 0 saturated carbocycles. The minimum absolute atomic E-state index is 0.0141. The van der Waals surface area contributed by atoms with Crippen LogP contribution in [0.2, 0.25) is 5.02 Å². The van der Waals surface area contributed by atoms with E-state index in [1.165, 1.54) is 17.5 Å². The topological polar surface area (TPSA) is 63.8 Å². The lowest BCUT2D eigenvalue weighted by molar-refractivity contribution is 0.0691. The summed E-state index contributed by atoms with van der Waals surface area (Å²) in [5.74, 6) is -0.368. The second-order valence-corrected chi connectivity index (χ2v) is 5.75. The van der Waals surface area contributed by atoms with E-state index >= 15 is 0 Å². The maximum absolute atomic E-state index is 11.0. The van der Waals surface area contributed by atoms with Crippen LogP contribution in [0.15, 0.2) is 23.7 Å². The van der Waals surface area contributed by atoms with Crippen molar-refractivity contribution < 1.29 is 14.6 Å². The summed E-state index contributed by atoms with van der Waals surface area (Å²) in [6.07, 6.45) is 1.50. The molecular formula is C14H11ClN2O3S. The quantitative estimate of drug-likeness (QED) is 0.798. The molecule has 0 spiro atoms. The predicted octanol–water partition coefficient (Wildman–Crippen LogP) is 3.73. The molecule has 0 atom stereocenters. The van der Waals surface area contributed by atoms with E-state index < -0.39 is 5.97 Å². The molecule has 3 rings (SSSR count). The van der Waals surface area contributed by atoms with Crippen molar-refractivity contribution in [1.29, 1.82) is 0 Å². The summed E-state index contributed by atoms with van der Waals surface area (Å²) in [7, 11) is 1.59. The smallest absolute Gasteiger partial charge is 0.356 e. The van der Waals surface area contributed by atoms with Crippen LogP contribution in [0.1, 0.15) is 16.1 Å². The van der Waals surface area contributed by atoms with E-state index in [4.69, 9.17) is 21.4 Å². The number of benzene rings is 1. The van der Waals surface area contributed by atoms with E-state index in [1.807, 2.05) is 24.4 Å². The van der Waals surface area contributed by atoms with Crippen molar-refractivity contribution in [2.24, 2.45) is 0 Å². The number of fused-ring (bicyclic) bond motifs is 1. The maximum Gasteiger partial charge on any atom is 0.356 e. The van der Waals surface area contributed by atoms with Crippen molar-refractivity contribution in [2.75, 3.05) is 7.11 Å². The summed E-state index contributed by atoms with van der Waals surface area (Å²) in [6, 6.07) is 3.67. The highest BCUT2D eigenvalue weighted by Crippen LogP contribution is 2.36. The number of imidazole rings is 1. The zero-order chi connectivity index (χ0) is 15.1. The Morgan fingerprint density at radius 3 is 2.90 bits per heavy atom. The number of aromatic nitrogens is 2. The van der Waals surface area contributed by atoms with Crippen LogP contribution < -0.4 is 4.74 Å². The zero-order valence-electron chi connectivity index (χ0n) is 11.3. The largest absolute Gasteiger partial charge is 0.496 e. The Kier molecular flexibility index (Phi) is 3.35. The number of carbonyl (C=O) groups is 1. The molecule has 0 amide bonds. The Morgan fingerprint density at radius 1 is 1.48 bits per heavy atom. The normalized spacial score (nSPS) is 11.0. The highest BCUT2D eigenvalue weighted by Gasteiger charge is 2.17. The van der Waals surface area contributed by atoms with Gasteiger partial charge < -0.3 is 9.84 Å². The molecule has 0 aliphatic rings. The molecule has 1 aromatic carbocycles. The maximum atomic E-state index is 11.0. The Hall–Kier alpha value is -2.05. The van der Waals surface area contributed by atoms with Crippen molar-refractivity contribution in [2.45, 2.75) is 6.92 Å². The van der Waals surface area contributed by atoms with Gasteiger partial charge in [-0.25, -0.2) is 9.78 Å². The van der Waals surface area contributed by atoms with Crippen LogP contribution >= 0.6 is 22.9 Å². The van der Waals surface area contributed by atoms with Crippen molar-refractivity contribution in [3.63, 3.8) is 0 Å². The van der Waals surface area contributed by atoms with Crippen molar-refractivity contribution in [1.82, 2.24) is 9.38 Å². The number of hydrogen-bond acceptors (Lipinski definition) is 4. The van der Waals surface area contributed by atoms with Crippen LogP contribution in [0.3, 0.4) is 0 Å². The molecule has 0 bridgehead atoms. The van der Waals surface area contributed by atoms with Gasteiger partial charge in [0.25, 0.3) is 0 Å². The van der Waals surface area contributed by atoms with Gasteiger partial charge in [-0.15, -0.1) is 11.3 Å². The monoisotopic (exact) mass is 322 g/mol. The first-order valence-electron chi connectivity index (χ1n) is 6.05. The van der Waals surface area contributed by atoms with Crippen LogP contribution in [0, 0.1) is 6.92 Å². The molecule has 3 aromatic rings. The summed E-state index contributed by atoms with van der Waals surface area (Å²) >= 11 is 7.56. The summed E-state index contributed by atoms with van der Waals surface area (Å²) in [4.78, 5) is 15.7. The number of halogens is 1. The molecule has 0 unspecified atom stereocenters. The Balaban J connectivity index is 2.25. The highest BCUT2D eigenvalue weighted by molar-refractivity contribution is 7.15. The lowest BCUT2D eigenvalue weighted by Gasteiger charge is -2.10. The predicted molar refractivity (Wildman–Crippen MR) is 81.8 cm³/mol. The number of hydrogen-bond donors (Lipinski definition) is 1. The SMILES string of the molecule is COc1cc(C)c(Cl)cc1-c1csc2nc(C(=O)O)cn12. The van der Waals surface area contributed by atoms with Gasteiger partial charge in [0.15, 0.2) is 10.7 Å². The fourth-order valence-electron chi connectivity index (χ4n) is 2.10. The van der Waals surface area contributed by atoms with Gasteiger partial charge in [0, 0.05) is 22.2 Å². The Bertz CT molecular complexity index is 853. The van der Waals surface area contributed by atoms with Crippen molar-refractivity contribution >= 4 is 33.9 Å². The molecule has 2 heterocycles. The second kappa shape index (κ2) is 5.05. The van der Waals surface area contributed by atoms with Gasteiger partial charge in [-0.3, -0.25) is 4.40 Å². The molecule has 0 fully saturated rings. The number of thiazole rings is 1. The molecule has 5 nitrogen and oxygen atoms in total. The first-order valence-corrected chi connectivity index (χ1v) is 7.31. The van der Waals surface area contributed by atoms with Gasteiger partial charge in [-0.2, -0.15) is 0 Å². The molecule has 0 aliphatic heterocycles. The van der Waals surface area contributed by atoms with Crippen LogP contribution in [-0.4, -0.2) is 27.6 Å². The van der Waals surface area contributed by atoms with Crippen LogP contribution in [-0.2, 0) is 0 Å². The first kappa shape index (κ1) is 13.9. The fourth-order valence-corrected chi connectivity index (χ4v) is 3.14. The van der Waals surface area contributed by atoms with Crippen LogP contribution in [0.25, 0.3) is 16.2 Å². The fraction of sp³-hybridized carbons (Fsp3) is 0.143. The zero-order valence-corrected chi connectivity index (χ0v) is 12.8. The van der Waals surface area contributed by atoms with Crippen LogP contribution in [0.5, 0.6) is 5.75 Å². The van der Waals surface area contributed by atoms with Gasteiger partial charge in [0.2, 0.25) is 0 Å². The minimum Gasteiger partial charge on any atom is -0.496 e. The Morgan fingerprint density at radius 2 is 2.24 bits per heavy atom. The number of methoxy groups -OCH3 is 1. The van der Waals surface area contributed by atoms with E-state index in [0.717, 1.165) is 16.8 Å². The molecule has 0 aliphatic carbocycles. The van der Waals surface area contributed by atoms with E-state index in [1.54, 1.807) is 11.5 Å². The molecular weight excluding hydrogens is 312 g/mol. The number of ether oxygens (including phenoxy) is 1. The summed E-state index contributed by atoms with van der Waals surface area (Å²) < 4.78 is 7.14. The van der Waals surface area contributed by atoms with Gasteiger partial charge in [0.1, 0.15) is 5.75 Å². The third-order valence-corrected chi connectivity index (χ3v) is 4.43. The number of aryl methyl sites for hydroxylation is 1. The summed E-state index contributed by atoms with van der Waals surface area (Å²) in [6.45, 7) is 1.90. The van der Waals surface area contributed by atoms with Crippen LogP contribution in [0.4, 0.5) is 0 Å². The lowest BCUT2D eigenvalue weighted by atomic mass is 10.1. The minimum atomic E-state index is -1.05. The number of carboxylic acid groups (broad SMARTS) is 1. The van der Waals surface area contributed by atoms with Crippen molar-refractivity contribution in [3.05, 3.63) is 40.0 Å². The van der Waals surface area contributed by atoms with E-state index in [9.17, 15) is 4.79 Å². The Labute approximate surface area is 129 Å². The number of carboxylic acids is 1. The third-order valence-electron chi connectivity index (χ3n) is 3.18. The number of aromatic carboxylic acids is 1. The summed E-state index contributed by atoms with van der Waals surface area (Å²) in [5.41, 5.74) is 2.53. The second-order valence-electron chi connectivity index (χ2n) is 4.51. The standard InChI is InChI=1S/C14H11ClN2O3S/c1-7-3-12(20-2)8(4-9(7)15)11-6-21-14-16-10(13(18)19)5-17(11)14/h3-6H,1-2H3,(H,18,19). The van der Waals surface area contributed by atoms with Crippen molar-refractivity contribution in [3.8, 4) is 17.0 Å². The molecule has 0 radical (unpaired) electrons. The van der Waals surface area contributed by atoms with E-state index in [-0.39, 0.29) is 5.69 Å². The van der Waals surface area contributed by atoms with Gasteiger partial charge in [-0.1, -0.05) is 11.6 Å². The van der Waals surface area contributed by atoms with Gasteiger partial charge >= 0.3 is 5.97 Å². The lowest BCUT2D eigenvalue weighted by Crippen LogP contribution is -1.95. The molecule has 1 N–H and O–H groups in total. The van der Waals surface area contributed by atoms with Gasteiger partial charge in [0.05, 0.1) is 12.8 Å². The summed E-state index contributed by atoms with van der Waals surface area (Å²) in [5, 5.41) is 11.6. The molecule has 21 heavy (non-hydrogen) atoms. The molecule has 0 saturated heterocycles.